The molecule has 0 aromatic heterocycles. The van der Waals surface area contributed by atoms with E-state index in [9.17, 15) is 26.4 Å². The lowest BCUT2D eigenvalue weighted by Crippen LogP contribution is -2.63. The molecule has 5 unspecified atom stereocenters. The van der Waals surface area contributed by atoms with E-state index in [0.717, 1.165) is 36.8 Å². The first kappa shape index (κ1) is 34.4. The van der Waals surface area contributed by atoms with E-state index >= 15 is 0 Å². The van der Waals surface area contributed by atoms with Crippen LogP contribution in [-0.2, 0) is 19.6 Å². The number of hydrogen-bond acceptors (Lipinski definition) is 5. The molecule has 1 amide bonds. The number of fused-ring (bicyclic) bond motifs is 1. The molecule has 7 nitrogen and oxygen atoms in total. The molecule has 3 aliphatic rings. The first-order valence-corrected chi connectivity index (χ1v) is 17.7. The van der Waals surface area contributed by atoms with Gasteiger partial charge in [0.05, 0.1) is 0 Å². The molecule has 2 saturated heterocycles. The number of rotatable bonds is 10. The van der Waals surface area contributed by atoms with E-state index in [-0.39, 0.29) is 80.1 Å². The highest BCUT2D eigenvalue weighted by Crippen LogP contribution is 2.48. The number of sulfonamides is 1. The molecule has 13 heteroatoms. The topological polar surface area (TPSA) is 87.7 Å². The lowest BCUT2D eigenvalue weighted by atomic mass is 9.61. The number of piperidine rings is 2. The van der Waals surface area contributed by atoms with Gasteiger partial charge >= 0.3 is 15.5 Å². The van der Waals surface area contributed by atoms with E-state index in [0.29, 0.717) is 21.0 Å². The van der Waals surface area contributed by atoms with Gasteiger partial charge in [0.1, 0.15) is 0 Å². The summed E-state index contributed by atoms with van der Waals surface area (Å²) >= 11 is 12.5. The predicted molar refractivity (Wildman–Crippen MR) is 169 cm³/mol. The fraction of sp³-hybridized carbons (Fsp3) is 0.594. The summed E-state index contributed by atoms with van der Waals surface area (Å²) in [5.74, 6) is 0.498. The molecular formula is C32H40Cl2F3N3O4S. The Hall–Kier alpha value is -1.89. The summed E-state index contributed by atoms with van der Waals surface area (Å²) in [7, 11) is -3.68. The van der Waals surface area contributed by atoms with Crippen molar-refractivity contribution in [3.05, 3.63) is 69.7 Å². The summed E-state index contributed by atoms with van der Waals surface area (Å²) in [5.41, 5.74) is -3.03. The Morgan fingerprint density at radius 1 is 1.00 bits per heavy atom. The fourth-order valence-corrected chi connectivity index (χ4v) is 8.98. The van der Waals surface area contributed by atoms with Crippen molar-refractivity contribution in [2.45, 2.75) is 74.5 Å². The monoisotopic (exact) mass is 689 g/mol. The van der Waals surface area contributed by atoms with Gasteiger partial charge in [0.25, 0.3) is 0 Å². The largest absolute Gasteiger partial charge is 0.511 e. The number of alkyl halides is 3. The van der Waals surface area contributed by atoms with Crippen molar-refractivity contribution in [2.24, 2.45) is 17.8 Å². The molecule has 1 aliphatic carbocycles. The third-order valence-electron chi connectivity index (χ3n) is 9.79. The second-order valence-corrected chi connectivity index (χ2v) is 15.4. The van der Waals surface area contributed by atoms with E-state index in [1.807, 2.05) is 24.3 Å². The van der Waals surface area contributed by atoms with Gasteiger partial charge in [-0.05, 0) is 91.7 Å². The Balaban J connectivity index is 1.41. The van der Waals surface area contributed by atoms with Gasteiger partial charge in [0.2, 0.25) is 5.91 Å². The molecule has 5 rings (SSSR count). The molecule has 45 heavy (non-hydrogen) atoms. The SMILES string of the molecule is COCCCC1CC(C(c2ccc(Cl)cc2)c2ccc(Cl)cc2)CC2C(NC3CCN(S(=O)(=O)C(F)(F)F)CC3)CC(=O)NC12. The van der Waals surface area contributed by atoms with E-state index in [2.05, 4.69) is 34.9 Å². The standard InChI is InChI=1S/C32H40Cl2F3N3O4S/c1-44-16-2-3-22-17-23(30(20-4-8-24(33)9-5-20)21-6-10-25(34)11-7-21)18-27-28(19-29(41)39-31(22)27)38-26-12-14-40(15-13-26)45(42,43)32(35,36)37/h4-11,22-23,26-28,30-31,38H,2-3,12-19H2,1H3,(H,39,41). The van der Waals surface area contributed by atoms with Crippen LogP contribution in [0, 0.1) is 17.8 Å². The molecule has 2 heterocycles. The summed E-state index contributed by atoms with van der Waals surface area (Å²) in [5, 5.41) is 8.22. The van der Waals surface area contributed by atoms with Crippen molar-refractivity contribution in [3.63, 3.8) is 0 Å². The molecule has 2 aromatic rings. The van der Waals surface area contributed by atoms with Crippen LogP contribution in [0.1, 0.15) is 62.0 Å². The zero-order valence-corrected chi connectivity index (χ0v) is 27.4. The van der Waals surface area contributed by atoms with Gasteiger partial charge in [0, 0.05) is 67.3 Å². The second-order valence-electron chi connectivity index (χ2n) is 12.6. The molecule has 0 spiro atoms. The smallest absolute Gasteiger partial charge is 0.385 e. The fourth-order valence-electron chi connectivity index (χ4n) is 7.74. The highest BCUT2D eigenvalue weighted by atomic mass is 35.5. The van der Waals surface area contributed by atoms with Crippen LogP contribution in [0.2, 0.25) is 10.0 Å². The minimum absolute atomic E-state index is 0.0482. The van der Waals surface area contributed by atoms with Crippen LogP contribution in [0.5, 0.6) is 0 Å². The Kier molecular flexibility index (Phi) is 11.1. The van der Waals surface area contributed by atoms with Crippen LogP contribution >= 0.6 is 23.2 Å². The van der Waals surface area contributed by atoms with Crippen LogP contribution in [-0.4, -0.2) is 69.1 Å². The van der Waals surface area contributed by atoms with Gasteiger partial charge in [-0.3, -0.25) is 4.79 Å². The summed E-state index contributed by atoms with van der Waals surface area (Å²) in [4.78, 5) is 13.0. The van der Waals surface area contributed by atoms with Crippen LogP contribution in [0.25, 0.3) is 0 Å². The van der Waals surface area contributed by atoms with E-state index in [4.69, 9.17) is 27.9 Å². The third-order valence-corrected chi connectivity index (χ3v) is 11.9. The average Bonchev–Trinajstić information content (AvgIpc) is 2.99. The maximum absolute atomic E-state index is 13.1. The molecule has 248 valence electrons. The predicted octanol–water partition coefficient (Wildman–Crippen LogP) is 6.36. The summed E-state index contributed by atoms with van der Waals surface area (Å²) in [6, 6.07) is 15.4. The van der Waals surface area contributed by atoms with E-state index in [1.54, 1.807) is 7.11 Å². The number of hydrogen-bond donors (Lipinski definition) is 2. The number of carbonyl (C=O) groups excluding carboxylic acids is 1. The lowest BCUT2D eigenvalue weighted by molar-refractivity contribution is -0.127. The van der Waals surface area contributed by atoms with Gasteiger partial charge < -0.3 is 15.4 Å². The van der Waals surface area contributed by atoms with E-state index in [1.165, 1.54) is 0 Å². The molecule has 2 aliphatic heterocycles. The Bertz CT molecular complexity index is 1360. The number of amides is 1. The first-order chi connectivity index (χ1) is 21.4. The van der Waals surface area contributed by atoms with Crippen molar-refractivity contribution in [1.29, 1.82) is 0 Å². The number of halogens is 5. The zero-order chi connectivity index (χ0) is 32.4. The van der Waals surface area contributed by atoms with Crippen molar-refractivity contribution in [1.82, 2.24) is 14.9 Å². The molecular weight excluding hydrogens is 650 g/mol. The molecule has 2 N–H and O–H groups in total. The van der Waals surface area contributed by atoms with E-state index < -0.39 is 15.5 Å². The van der Waals surface area contributed by atoms with Crippen molar-refractivity contribution in [2.75, 3.05) is 26.8 Å². The minimum Gasteiger partial charge on any atom is -0.385 e. The normalized spacial score (nSPS) is 26.9. The molecule has 5 atom stereocenters. The highest BCUT2D eigenvalue weighted by Gasteiger charge is 2.51. The number of nitrogens with one attached hydrogen (secondary N) is 2. The number of carbonyl (C=O) groups is 1. The summed E-state index contributed by atoms with van der Waals surface area (Å²) in [6.45, 7) is 0.180. The third kappa shape index (κ3) is 7.99. The summed E-state index contributed by atoms with van der Waals surface area (Å²) < 4.78 is 69.2. The number of nitrogens with zero attached hydrogens (tertiary/aromatic N) is 1. The Morgan fingerprint density at radius 2 is 1.58 bits per heavy atom. The minimum atomic E-state index is -5.36. The Morgan fingerprint density at radius 3 is 2.11 bits per heavy atom. The van der Waals surface area contributed by atoms with Crippen LogP contribution < -0.4 is 10.6 Å². The van der Waals surface area contributed by atoms with Gasteiger partial charge in [0.15, 0.2) is 0 Å². The van der Waals surface area contributed by atoms with Gasteiger partial charge in [-0.2, -0.15) is 17.5 Å². The van der Waals surface area contributed by atoms with Crippen LogP contribution in [0.15, 0.2) is 48.5 Å². The number of benzene rings is 2. The molecule has 1 saturated carbocycles. The molecule has 3 fully saturated rings. The second kappa shape index (κ2) is 14.5. The lowest BCUT2D eigenvalue weighted by Gasteiger charge is -2.51. The molecule has 2 aromatic carbocycles. The van der Waals surface area contributed by atoms with Crippen LogP contribution in [0.3, 0.4) is 0 Å². The quantitative estimate of drug-likeness (QED) is 0.284. The Labute approximate surface area is 273 Å². The average molecular weight is 691 g/mol. The van der Waals surface area contributed by atoms with Crippen LogP contribution in [0.4, 0.5) is 13.2 Å². The van der Waals surface area contributed by atoms with Gasteiger partial charge in [-0.15, -0.1) is 0 Å². The number of methoxy groups -OCH3 is 1. The molecule has 0 radical (unpaired) electrons. The molecule has 0 bridgehead atoms. The zero-order valence-electron chi connectivity index (χ0n) is 25.1. The van der Waals surface area contributed by atoms with Gasteiger partial charge in [-0.25, -0.2) is 8.42 Å². The van der Waals surface area contributed by atoms with Crippen molar-refractivity contribution < 1.29 is 31.1 Å². The number of ether oxygens (including phenoxy) is 1. The van der Waals surface area contributed by atoms with Gasteiger partial charge in [-0.1, -0.05) is 47.5 Å². The first-order valence-electron chi connectivity index (χ1n) is 15.5. The van der Waals surface area contributed by atoms with Crippen molar-refractivity contribution >= 4 is 39.1 Å². The maximum atomic E-state index is 13.1. The van der Waals surface area contributed by atoms with Crippen molar-refractivity contribution in [3.8, 4) is 0 Å². The highest BCUT2D eigenvalue weighted by molar-refractivity contribution is 7.90. The summed E-state index contributed by atoms with van der Waals surface area (Å²) in [6.07, 6.45) is 4.17. The maximum Gasteiger partial charge on any atom is 0.511 e.